The van der Waals surface area contributed by atoms with Crippen LogP contribution in [0.2, 0.25) is 0 Å². The van der Waals surface area contributed by atoms with Crippen molar-refractivity contribution in [3.05, 3.63) is 23.3 Å². The first kappa shape index (κ1) is 18.8. The molecular weight excluding hydrogens is 250 g/mol. The van der Waals surface area contributed by atoms with Crippen LogP contribution in [0.3, 0.4) is 0 Å². The van der Waals surface area contributed by atoms with Gasteiger partial charge in [0.15, 0.2) is 0 Å². The van der Waals surface area contributed by atoms with Crippen molar-refractivity contribution < 1.29 is 9.53 Å². The summed E-state index contributed by atoms with van der Waals surface area (Å²) >= 11 is 0. The Morgan fingerprint density at radius 3 is 2.05 bits per heavy atom. The van der Waals surface area contributed by atoms with Gasteiger partial charge in [0.05, 0.1) is 0 Å². The van der Waals surface area contributed by atoms with E-state index in [0.717, 1.165) is 12.8 Å². The fourth-order valence-electron chi connectivity index (χ4n) is 2.04. The van der Waals surface area contributed by atoms with Crippen molar-refractivity contribution in [2.75, 3.05) is 6.61 Å². The number of hydrogen-bond donors (Lipinski definition) is 0. The molecule has 0 rings (SSSR count). The number of ether oxygens (including phenoxy) is 1. The Bertz CT molecular complexity index is 342. The molecule has 0 fully saturated rings. The van der Waals surface area contributed by atoms with Crippen molar-refractivity contribution >= 4 is 6.09 Å². The van der Waals surface area contributed by atoms with Crippen LogP contribution in [-0.4, -0.2) is 29.7 Å². The highest BCUT2D eigenvalue weighted by atomic mass is 16.6. The van der Waals surface area contributed by atoms with Gasteiger partial charge in [-0.1, -0.05) is 17.2 Å². The molecule has 0 heterocycles. The van der Waals surface area contributed by atoms with E-state index in [-0.39, 0.29) is 18.2 Å². The molecule has 0 N–H and O–H groups in total. The highest BCUT2D eigenvalue weighted by Crippen LogP contribution is 2.09. The van der Waals surface area contributed by atoms with E-state index < -0.39 is 0 Å². The molecule has 0 saturated carbocycles. The molecule has 116 valence electrons. The molecule has 0 aromatic heterocycles. The van der Waals surface area contributed by atoms with Gasteiger partial charge < -0.3 is 9.64 Å². The highest BCUT2D eigenvalue weighted by Gasteiger charge is 2.20. The molecular formula is C17H31NO2. The van der Waals surface area contributed by atoms with Crippen molar-refractivity contribution in [3.63, 3.8) is 0 Å². The van der Waals surface area contributed by atoms with Gasteiger partial charge in [0, 0.05) is 12.1 Å². The predicted octanol–water partition coefficient (Wildman–Crippen LogP) is 4.93. The van der Waals surface area contributed by atoms with E-state index in [4.69, 9.17) is 4.74 Å². The number of amides is 1. The summed E-state index contributed by atoms with van der Waals surface area (Å²) in [6.45, 7) is 14.7. The average Bonchev–Trinajstić information content (AvgIpc) is 2.27. The Labute approximate surface area is 124 Å². The van der Waals surface area contributed by atoms with Crippen LogP contribution in [0.25, 0.3) is 0 Å². The number of carbonyl (C=O) groups is 1. The third kappa shape index (κ3) is 8.03. The first-order valence-corrected chi connectivity index (χ1v) is 7.49. The molecule has 3 heteroatoms. The van der Waals surface area contributed by atoms with E-state index in [1.54, 1.807) is 4.90 Å². The standard InChI is InChI=1S/C17H31NO2/c1-13(2)9-8-10-16(7)11-12-20-17(19)18(14(3)4)15(5)6/h9,11,14-15H,8,10,12H2,1-7H3/b16-11+. The van der Waals surface area contributed by atoms with Gasteiger partial charge in [-0.2, -0.15) is 0 Å². The number of carbonyl (C=O) groups excluding carboxylic acids is 1. The van der Waals surface area contributed by atoms with Crippen LogP contribution in [0.15, 0.2) is 23.3 Å². The SMILES string of the molecule is CC(C)=CCC/C(C)=C/COC(=O)N(C(C)C)C(C)C. The molecule has 0 aromatic carbocycles. The lowest BCUT2D eigenvalue weighted by Crippen LogP contribution is -2.42. The highest BCUT2D eigenvalue weighted by molar-refractivity contribution is 5.68. The minimum atomic E-state index is -0.233. The average molecular weight is 281 g/mol. The number of allylic oxidation sites excluding steroid dienone is 3. The summed E-state index contributed by atoms with van der Waals surface area (Å²) in [5.74, 6) is 0. The molecule has 0 aliphatic rings. The van der Waals surface area contributed by atoms with Crippen molar-refractivity contribution in [1.29, 1.82) is 0 Å². The second-order valence-electron chi connectivity index (χ2n) is 6.04. The topological polar surface area (TPSA) is 29.5 Å². The lowest BCUT2D eigenvalue weighted by Gasteiger charge is -2.29. The number of hydrogen-bond acceptors (Lipinski definition) is 2. The third-order valence-electron chi connectivity index (χ3n) is 3.05. The van der Waals surface area contributed by atoms with Gasteiger partial charge in [-0.25, -0.2) is 4.79 Å². The van der Waals surface area contributed by atoms with E-state index in [9.17, 15) is 4.79 Å². The molecule has 0 aliphatic heterocycles. The van der Waals surface area contributed by atoms with E-state index in [2.05, 4.69) is 26.8 Å². The maximum atomic E-state index is 12.0. The van der Waals surface area contributed by atoms with Gasteiger partial charge in [-0.3, -0.25) is 0 Å². The number of nitrogens with zero attached hydrogens (tertiary/aromatic N) is 1. The van der Waals surface area contributed by atoms with Gasteiger partial charge in [-0.05, 0) is 67.4 Å². The summed E-state index contributed by atoms with van der Waals surface area (Å²) in [5.41, 5.74) is 2.60. The van der Waals surface area contributed by atoms with Crippen LogP contribution in [0.1, 0.15) is 61.3 Å². The summed E-state index contributed by atoms with van der Waals surface area (Å²) in [7, 11) is 0. The molecule has 3 nitrogen and oxygen atoms in total. The fraction of sp³-hybridized carbons (Fsp3) is 0.706. The first-order chi connectivity index (χ1) is 9.25. The summed E-state index contributed by atoms with van der Waals surface area (Å²) in [4.78, 5) is 13.7. The van der Waals surface area contributed by atoms with Gasteiger partial charge in [0.1, 0.15) is 6.61 Å². The zero-order chi connectivity index (χ0) is 15.7. The van der Waals surface area contributed by atoms with Gasteiger partial charge in [-0.15, -0.1) is 0 Å². The minimum Gasteiger partial charge on any atom is -0.445 e. The zero-order valence-electron chi connectivity index (χ0n) is 14.2. The second kappa shape index (κ2) is 9.62. The molecule has 1 amide bonds. The predicted molar refractivity (Wildman–Crippen MR) is 85.9 cm³/mol. The molecule has 0 unspecified atom stereocenters. The van der Waals surface area contributed by atoms with Gasteiger partial charge >= 0.3 is 6.09 Å². The van der Waals surface area contributed by atoms with Crippen LogP contribution in [0.5, 0.6) is 0 Å². The molecule has 0 saturated heterocycles. The van der Waals surface area contributed by atoms with Gasteiger partial charge in [0.2, 0.25) is 0 Å². The van der Waals surface area contributed by atoms with Crippen molar-refractivity contribution in [2.24, 2.45) is 0 Å². The Morgan fingerprint density at radius 1 is 1.05 bits per heavy atom. The monoisotopic (exact) mass is 281 g/mol. The summed E-state index contributed by atoms with van der Waals surface area (Å²) in [6, 6.07) is 0.315. The van der Waals surface area contributed by atoms with E-state index >= 15 is 0 Å². The Kier molecular flexibility index (Phi) is 9.02. The van der Waals surface area contributed by atoms with Crippen molar-refractivity contribution in [2.45, 2.75) is 73.4 Å². The van der Waals surface area contributed by atoms with Crippen LogP contribution in [0, 0.1) is 0 Å². The van der Waals surface area contributed by atoms with Crippen molar-refractivity contribution in [3.8, 4) is 0 Å². The van der Waals surface area contributed by atoms with Crippen molar-refractivity contribution in [1.82, 2.24) is 4.90 Å². The normalized spacial score (nSPS) is 11.8. The molecule has 0 spiro atoms. The quantitative estimate of drug-likeness (QED) is 0.619. The Morgan fingerprint density at radius 2 is 1.60 bits per heavy atom. The Balaban J connectivity index is 4.20. The Hall–Kier alpha value is -1.25. The molecule has 0 bridgehead atoms. The summed E-state index contributed by atoms with van der Waals surface area (Å²) in [6.07, 6.45) is 6.05. The van der Waals surface area contributed by atoms with E-state index in [1.807, 2.05) is 33.8 Å². The lowest BCUT2D eigenvalue weighted by molar-refractivity contribution is 0.0874. The van der Waals surface area contributed by atoms with Crippen LogP contribution in [0.4, 0.5) is 4.79 Å². The molecule has 0 aliphatic carbocycles. The van der Waals surface area contributed by atoms with Crippen LogP contribution >= 0.6 is 0 Å². The maximum Gasteiger partial charge on any atom is 0.410 e. The van der Waals surface area contributed by atoms with Crippen LogP contribution < -0.4 is 0 Å². The first-order valence-electron chi connectivity index (χ1n) is 7.49. The van der Waals surface area contributed by atoms with Gasteiger partial charge in [0.25, 0.3) is 0 Å². The molecule has 0 radical (unpaired) electrons. The maximum absolute atomic E-state index is 12.0. The second-order valence-corrected chi connectivity index (χ2v) is 6.04. The number of rotatable bonds is 7. The minimum absolute atomic E-state index is 0.158. The van der Waals surface area contributed by atoms with E-state index in [1.165, 1.54) is 11.1 Å². The lowest BCUT2D eigenvalue weighted by atomic mass is 10.1. The zero-order valence-corrected chi connectivity index (χ0v) is 14.2. The summed E-state index contributed by atoms with van der Waals surface area (Å²) in [5, 5.41) is 0. The largest absolute Gasteiger partial charge is 0.445 e. The van der Waals surface area contributed by atoms with E-state index in [0.29, 0.717) is 6.61 Å². The fourth-order valence-corrected chi connectivity index (χ4v) is 2.04. The summed E-state index contributed by atoms with van der Waals surface area (Å²) < 4.78 is 5.32. The third-order valence-corrected chi connectivity index (χ3v) is 3.05. The van der Waals surface area contributed by atoms with Crippen LogP contribution in [-0.2, 0) is 4.74 Å². The smallest absolute Gasteiger partial charge is 0.410 e. The molecule has 0 atom stereocenters. The molecule has 20 heavy (non-hydrogen) atoms. The molecule has 0 aromatic rings.